The molecule has 0 saturated heterocycles. The number of benzene rings is 4. The van der Waals surface area contributed by atoms with E-state index in [-0.39, 0.29) is 9.79 Å². The Morgan fingerprint density at radius 3 is 1.21 bits per heavy atom. The molecule has 2 amide bonds. The van der Waals surface area contributed by atoms with E-state index < -0.39 is 31.9 Å². The molecule has 0 spiro atoms. The van der Waals surface area contributed by atoms with Crippen LogP contribution in [-0.2, 0) is 20.0 Å². The Morgan fingerprint density at radius 2 is 0.905 bits per heavy atom. The summed E-state index contributed by atoms with van der Waals surface area (Å²) < 4.78 is 46.1. The number of carbonyl (C=O) groups is 2. The zero-order chi connectivity index (χ0) is 30.7. The van der Waals surface area contributed by atoms with Gasteiger partial charge in [-0.1, -0.05) is 45.9 Å². The fourth-order valence-electron chi connectivity index (χ4n) is 3.82. The van der Waals surface area contributed by atoms with E-state index in [2.05, 4.69) is 10.6 Å². The highest BCUT2D eigenvalue weighted by Crippen LogP contribution is 2.43. The number of carbonyl (C=O) groups excluding carboxylic acids is 2. The Morgan fingerprint density at radius 1 is 0.571 bits per heavy atom. The van der Waals surface area contributed by atoms with Gasteiger partial charge in [0.25, 0.3) is 11.8 Å². The van der Waals surface area contributed by atoms with Crippen molar-refractivity contribution in [2.24, 2.45) is 10.3 Å². The summed E-state index contributed by atoms with van der Waals surface area (Å²) in [6, 6.07) is 21.7. The molecule has 10 nitrogen and oxygen atoms in total. The van der Waals surface area contributed by atoms with Crippen molar-refractivity contribution >= 4 is 64.8 Å². The van der Waals surface area contributed by atoms with Gasteiger partial charge in [-0.05, 0) is 85.6 Å². The lowest BCUT2D eigenvalue weighted by molar-refractivity contribution is 0.101. The van der Waals surface area contributed by atoms with Crippen LogP contribution in [0.2, 0.25) is 0 Å². The molecule has 0 atom stereocenters. The molecule has 0 saturated carbocycles. The molecule has 4 aromatic rings. The largest absolute Gasteiger partial charge is 0.322 e. The van der Waals surface area contributed by atoms with Crippen molar-refractivity contribution in [3.8, 4) is 0 Å². The summed E-state index contributed by atoms with van der Waals surface area (Å²) >= 11 is 0. The van der Waals surface area contributed by atoms with Gasteiger partial charge in [0.1, 0.15) is 0 Å². The first-order valence-electron chi connectivity index (χ1n) is 12.2. The van der Waals surface area contributed by atoms with Crippen molar-refractivity contribution in [1.82, 2.24) is 0 Å². The van der Waals surface area contributed by atoms with Gasteiger partial charge in [-0.3, -0.25) is 9.59 Å². The first kappa shape index (κ1) is 31.3. The minimum Gasteiger partial charge on any atom is -0.322 e. The molecule has 0 aromatic heterocycles. The second kappa shape index (κ2) is 12.7. The Kier molecular flexibility index (Phi) is 9.45. The highest BCUT2D eigenvalue weighted by atomic mass is 33.1. The first-order chi connectivity index (χ1) is 19.7. The van der Waals surface area contributed by atoms with Gasteiger partial charge in [-0.25, -0.2) is 27.1 Å². The molecule has 0 bridgehead atoms. The highest BCUT2D eigenvalue weighted by Gasteiger charge is 2.19. The second-order valence-electron chi connectivity index (χ2n) is 9.12. The number of hydrogen-bond donors (Lipinski definition) is 4. The van der Waals surface area contributed by atoms with Crippen LogP contribution >= 0.6 is 21.6 Å². The van der Waals surface area contributed by atoms with Crippen molar-refractivity contribution < 1.29 is 26.4 Å². The van der Waals surface area contributed by atoms with Crippen molar-refractivity contribution in [1.29, 1.82) is 0 Å². The zero-order valence-corrected chi connectivity index (χ0v) is 25.6. The van der Waals surface area contributed by atoms with E-state index in [1.807, 2.05) is 26.0 Å². The van der Waals surface area contributed by atoms with Gasteiger partial charge in [-0.15, -0.1) is 0 Å². The molecule has 0 aliphatic carbocycles. The molecule has 0 aliphatic heterocycles. The average Bonchev–Trinajstić information content (AvgIpc) is 2.92. The number of primary sulfonamides is 2. The molecule has 4 aromatic carbocycles. The van der Waals surface area contributed by atoms with Crippen LogP contribution < -0.4 is 20.9 Å². The summed E-state index contributed by atoms with van der Waals surface area (Å²) in [6.45, 7) is 3.74. The minimum atomic E-state index is -3.86. The number of nitrogens with one attached hydrogen (secondary N) is 2. The third kappa shape index (κ3) is 7.59. The van der Waals surface area contributed by atoms with Crippen LogP contribution in [0.4, 0.5) is 11.4 Å². The van der Waals surface area contributed by atoms with Crippen LogP contribution in [0.1, 0.15) is 31.8 Å². The fourth-order valence-corrected chi connectivity index (χ4v) is 7.74. The maximum absolute atomic E-state index is 13.2. The Hall–Kier alpha value is -3.66. The van der Waals surface area contributed by atoms with Gasteiger partial charge in [-0.2, -0.15) is 0 Å². The summed E-state index contributed by atoms with van der Waals surface area (Å²) in [5, 5.41) is 15.8. The van der Waals surface area contributed by atoms with Gasteiger partial charge < -0.3 is 10.6 Å². The molecule has 6 N–H and O–H groups in total. The first-order valence-corrected chi connectivity index (χ1v) is 17.4. The molecule has 0 unspecified atom stereocenters. The Labute approximate surface area is 251 Å². The number of sulfonamides is 2. The molecule has 42 heavy (non-hydrogen) atoms. The predicted octanol–water partition coefficient (Wildman–Crippen LogP) is 4.90. The number of aryl methyl sites for hydroxylation is 2. The smallest absolute Gasteiger partial charge is 0.256 e. The molecule has 0 radical (unpaired) electrons. The summed E-state index contributed by atoms with van der Waals surface area (Å²) in [5.74, 6) is -0.785. The number of anilines is 2. The molecular formula is C28H26N4O6S4. The summed E-state index contributed by atoms with van der Waals surface area (Å²) in [4.78, 5) is 27.7. The lowest BCUT2D eigenvalue weighted by Gasteiger charge is -2.15. The number of nitrogens with two attached hydrogens (primary N) is 2. The SMILES string of the molecule is Cc1cccc(C(=O)Nc2ccc(S(N)(=O)=O)cc2)c1SSc1c(C)cccc1C(=O)Nc1ccc(S(N)(=O)=O)cc1. The predicted molar refractivity (Wildman–Crippen MR) is 166 cm³/mol. The Bertz CT molecular complexity index is 1740. The quantitative estimate of drug-likeness (QED) is 0.186. The minimum absolute atomic E-state index is 0.0673. The molecule has 0 heterocycles. The number of amides is 2. The van der Waals surface area contributed by atoms with Gasteiger partial charge in [0.2, 0.25) is 20.0 Å². The second-order valence-corrected chi connectivity index (χ2v) is 14.4. The van der Waals surface area contributed by atoms with Crippen LogP contribution in [0.5, 0.6) is 0 Å². The van der Waals surface area contributed by atoms with E-state index in [9.17, 15) is 26.4 Å². The van der Waals surface area contributed by atoms with Crippen molar-refractivity contribution in [3.05, 3.63) is 107 Å². The van der Waals surface area contributed by atoms with Crippen LogP contribution in [0.15, 0.2) is 105 Å². The summed E-state index contributed by atoms with van der Waals surface area (Å²) in [5.41, 5.74) is 3.29. The van der Waals surface area contributed by atoms with E-state index in [0.29, 0.717) is 32.3 Å². The summed E-state index contributed by atoms with van der Waals surface area (Å²) in [6.07, 6.45) is 0. The standard InChI is InChI=1S/C28H26N4O6S4/c1-17-5-3-7-23(27(33)31-19-9-13-21(14-10-19)41(29,35)36)25(17)39-40-26-18(2)6-4-8-24(26)28(34)32-20-11-15-22(16-12-20)42(30,37)38/h3-16H,1-2H3,(H,31,33)(H,32,34)(H2,29,35,36)(H2,30,37,38). The third-order valence-corrected chi connectivity index (χ3v) is 10.6. The molecular weight excluding hydrogens is 617 g/mol. The molecule has 14 heteroatoms. The maximum atomic E-state index is 13.2. The molecule has 0 fully saturated rings. The van der Waals surface area contributed by atoms with Crippen molar-refractivity contribution in [2.45, 2.75) is 33.4 Å². The normalized spacial score (nSPS) is 11.6. The van der Waals surface area contributed by atoms with Crippen molar-refractivity contribution in [3.63, 3.8) is 0 Å². The summed E-state index contributed by atoms with van der Waals surface area (Å²) in [7, 11) is -5.06. The monoisotopic (exact) mass is 642 g/mol. The Balaban J connectivity index is 1.54. The third-order valence-electron chi connectivity index (χ3n) is 6.00. The average molecular weight is 643 g/mol. The molecule has 0 aliphatic rings. The van der Waals surface area contributed by atoms with Crippen LogP contribution in [0.25, 0.3) is 0 Å². The van der Waals surface area contributed by atoms with Crippen LogP contribution in [0, 0.1) is 13.8 Å². The van der Waals surface area contributed by atoms with Crippen LogP contribution in [-0.4, -0.2) is 28.6 Å². The van der Waals surface area contributed by atoms with Gasteiger partial charge in [0.05, 0.1) is 20.9 Å². The van der Waals surface area contributed by atoms with Crippen LogP contribution in [0.3, 0.4) is 0 Å². The van der Waals surface area contributed by atoms with E-state index in [1.54, 1.807) is 24.3 Å². The molecule has 218 valence electrons. The lowest BCUT2D eigenvalue weighted by atomic mass is 10.1. The van der Waals surface area contributed by atoms with E-state index in [4.69, 9.17) is 10.3 Å². The van der Waals surface area contributed by atoms with Gasteiger partial charge in [0.15, 0.2) is 0 Å². The number of rotatable bonds is 9. The zero-order valence-electron chi connectivity index (χ0n) is 22.3. The van der Waals surface area contributed by atoms with Gasteiger partial charge in [0, 0.05) is 21.2 Å². The van der Waals surface area contributed by atoms with Gasteiger partial charge >= 0.3 is 0 Å². The fraction of sp³-hybridized carbons (Fsp3) is 0.0714. The molecule has 4 rings (SSSR count). The number of hydrogen-bond acceptors (Lipinski definition) is 8. The highest BCUT2D eigenvalue weighted by molar-refractivity contribution is 8.76. The van der Waals surface area contributed by atoms with E-state index >= 15 is 0 Å². The lowest BCUT2D eigenvalue weighted by Crippen LogP contribution is -2.15. The maximum Gasteiger partial charge on any atom is 0.256 e. The topological polar surface area (TPSA) is 179 Å². The van der Waals surface area contributed by atoms with E-state index in [0.717, 1.165) is 11.1 Å². The van der Waals surface area contributed by atoms with Crippen molar-refractivity contribution in [2.75, 3.05) is 10.6 Å². The van der Waals surface area contributed by atoms with E-state index in [1.165, 1.54) is 70.1 Å².